The topological polar surface area (TPSA) is 54.0 Å². The summed E-state index contributed by atoms with van der Waals surface area (Å²) in [6.07, 6.45) is 4.03. The van der Waals surface area contributed by atoms with Crippen LogP contribution in [0, 0.1) is 5.82 Å². The Morgan fingerprint density at radius 2 is 2.00 bits per heavy atom. The van der Waals surface area contributed by atoms with Gasteiger partial charge >= 0.3 is 6.09 Å². The molecule has 3 rings (SSSR count). The van der Waals surface area contributed by atoms with Crippen molar-refractivity contribution in [2.24, 2.45) is 0 Å². The van der Waals surface area contributed by atoms with Gasteiger partial charge in [-0.05, 0) is 38.5 Å². The minimum absolute atomic E-state index is 0.000904. The zero-order valence-electron chi connectivity index (χ0n) is 17.9. The fraction of sp³-hybridized carbons (Fsp3) is 0.682. The summed E-state index contributed by atoms with van der Waals surface area (Å²) in [5.41, 5.74) is 1.09. The van der Waals surface area contributed by atoms with Crippen LogP contribution in [0.2, 0.25) is 0 Å². The van der Waals surface area contributed by atoms with Crippen LogP contribution >= 0.6 is 0 Å². The maximum Gasteiger partial charge on any atom is 0.414 e. The van der Waals surface area contributed by atoms with Crippen molar-refractivity contribution in [2.45, 2.75) is 58.1 Å². The summed E-state index contributed by atoms with van der Waals surface area (Å²) in [5, 5.41) is 3.52. The number of unbranched alkanes of at least 4 members (excludes halogenated alkanes) is 2. The highest BCUT2D eigenvalue weighted by atomic mass is 19.1. The summed E-state index contributed by atoms with van der Waals surface area (Å²) >= 11 is 0. The number of anilines is 2. The van der Waals surface area contributed by atoms with Crippen molar-refractivity contribution in [3.05, 3.63) is 24.0 Å². The fourth-order valence-corrected chi connectivity index (χ4v) is 3.86. The summed E-state index contributed by atoms with van der Waals surface area (Å²) in [7, 11) is 0. The molecule has 2 saturated heterocycles. The van der Waals surface area contributed by atoms with Crippen LogP contribution in [-0.2, 0) is 9.47 Å². The number of nitrogens with zero attached hydrogens (tertiary/aromatic N) is 2. The summed E-state index contributed by atoms with van der Waals surface area (Å²) < 4.78 is 25.5. The summed E-state index contributed by atoms with van der Waals surface area (Å²) in [5.74, 6) is -0.323. The number of hydrogen-bond donors (Lipinski definition) is 1. The molecule has 2 fully saturated rings. The van der Waals surface area contributed by atoms with Crippen molar-refractivity contribution >= 4 is 17.5 Å². The lowest BCUT2D eigenvalue weighted by Gasteiger charge is -2.29. The number of cyclic esters (lactones) is 1. The smallest absolute Gasteiger partial charge is 0.414 e. The lowest BCUT2D eigenvalue weighted by Crippen LogP contribution is -2.44. The van der Waals surface area contributed by atoms with Crippen molar-refractivity contribution in [3.8, 4) is 0 Å². The summed E-state index contributed by atoms with van der Waals surface area (Å²) in [6, 6.07) is 4.96. The molecule has 7 heteroatoms. The number of carbonyl (C=O) groups is 1. The van der Waals surface area contributed by atoms with E-state index in [2.05, 4.69) is 26.1 Å². The van der Waals surface area contributed by atoms with Crippen LogP contribution in [0.3, 0.4) is 0 Å². The Labute approximate surface area is 173 Å². The number of benzene rings is 1. The second-order valence-electron chi connectivity index (χ2n) is 8.57. The van der Waals surface area contributed by atoms with Crippen molar-refractivity contribution in [1.82, 2.24) is 5.32 Å². The van der Waals surface area contributed by atoms with Gasteiger partial charge in [-0.2, -0.15) is 0 Å². The number of ether oxygens (including phenoxy) is 2. The van der Waals surface area contributed by atoms with Gasteiger partial charge in [0, 0.05) is 25.2 Å². The lowest BCUT2D eigenvalue weighted by atomic mass is 9.96. The molecule has 2 aliphatic heterocycles. The molecule has 1 aromatic carbocycles. The number of rotatable bonds is 9. The molecule has 0 aliphatic carbocycles. The van der Waals surface area contributed by atoms with Crippen LogP contribution in [0.1, 0.15) is 46.5 Å². The van der Waals surface area contributed by atoms with E-state index in [-0.39, 0.29) is 17.5 Å². The molecular formula is C22H34FN3O3. The van der Waals surface area contributed by atoms with Crippen LogP contribution in [0.5, 0.6) is 0 Å². The maximum atomic E-state index is 14.7. The molecule has 0 radical (unpaired) electrons. The predicted molar refractivity (Wildman–Crippen MR) is 113 cm³/mol. The molecule has 1 N–H and O–H groups in total. The average Bonchev–Trinajstić information content (AvgIpc) is 3.08. The second-order valence-corrected chi connectivity index (χ2v) is 8.57. The van der Waals surface area contributed by atoms with Gasteiger partial charge in [-0.15, -0.1) is 0 Å². The van der Waals surface area contributed by atoms with Crippen LogP contribution in [0.25, 0.3) is 0 Å². The van der Waals surface area contributed by atoms with Crippen LogP contribution in [-0.4, -0.2) is 57.1 Å². The number of carbonyl (C=O) groups excluding carboxylic acids is 1. The second kappa shape index (κ2) is 9.76. The SMILES string of the molecule is CCCCCC(C)(C)NC[C@H]1CN(c2ccc(N3CCOCC3)c(F)c2)C(=O)O1. The molecule has 0 unspecified atom stereocenters. The molecule has 2 aliphatic rings. The third-order valence-corrected chi connectivity index (χ3v) is 5.68. The first-order valence-corrected chi connectivity index (χ1v) is 10.7. The minimum atomic E-state index is -0.417. The molecule has 0 saturated carbocycles. The first-order valence-electron chi connectivity index (χ1n) is 10.7. The third kappa shape index (κ3) is 5.82. The highest BCUT2D eigenvalue weighted by molar-refractivity contribution is 5.90. The number of hydrogen-bond acceptors (Lipinski definition) is 5. The molecule has 1 aromatic rings. The molecule has 162 valence electrons. The summed E-state index contributed by atoms with van der Waals surface area (Å²) in [4.78, 5) is 15.8. The molecule has 1 atom stereocenters. The molecule has 1 amide bonds. The average molecular weight is 408 g/mol. The number of amides is 1. The van der Waals surface area contributed by atoms with E-state index in [0.717, 1.165) is 6.42 Å². The van der Waals surface area contributed by atoms with Crippen molar-refractivity contribution in [1.29, 1.82) is 0 Å². The van der Waals surface area contributed by atoms with Crippen LogP contribution in [0.4, 0.5) is 20.6 Å². The highest BCUT2D eigenvalue weighted by Gasteiger charge is 2.33. The predicted octanol–water partition coefficient (Wildman–Crippen LogP) is 3.94. The number of nitrogens with one attached hydrogen (secondary N) is 1. The molecule has 2 heterocycles. The van der Waals surface area contributed by atoms with Gasteiger partial charge < -0.3 is 19.7 Å². The quantitative estimate of drug-likeness (QED) is 0.629. The monoisotopic (exact) mass is 407 g/mol. The number of morpholine rings is 1. The zero-order chi connectivity index (χ0) is 20.9. The highest BCUT2D eigenvalue weighted by Crippen LogP contribution is 2.28. The Morgan fingerprint density at radius 3 is 2.69 bits per heavy atom. The van der Waals surface area contributed by atoms with Crippen molar-refractivity contribution < 1.29 is 18.7 Å². The van der Waals surface area contributed by atoms with Gasteiger partial charge in [0.05, 0.1) is 31.1 Å². The van der Waals surface area contributed by atoms with E-state index in [0.29, 0.717) is 50.8 Å². The Hall–Kier alpha value is -1.86. The fourth-order valence-electron chi connectivity index (χ4n) is 3.86. The van der Waals surface area contributed by atoms with Gasteiger partial charge in [0.15, 0.2) is 0 Å². The Bertz CT molecular complexity index is 692. The molecule has 29 heavy (non-hydrogen) atoms. The van der Waals surface area contributed by atoms with Crippen molar-refractivity contribution in [2.75, 3.05) is 49.2 Å². The van der Waals surface area contributed by atoms with Gasteiger partial charge in [-0.3, -0.25) is 4.90 Å². The van der Waals surface area contributed by atoms with Gasteiger partial charge in [0.25, 0.3) is 0 Å². The Balaban J connectivity index is 1.56. The van der Waals surface area contributed by atoms with E-state index < -0.39 is 6.09 Å². The molecule has 0 spiro atoms. The number of halogens is 1. The first-order chi connectivity index (χ1) is 13.9. The minimum Gasteiger partial charge on any atom is -0.443 e. The molecular weight excluding hydrogens is 373 g/mol. The van der Waals surface area contributed by atoms with E-state index in [1.165, 1.54) is 30.2 Å². The van der Waals surface area contributed by atoms with Crippen molar-refractivity contribution in [3.63, 3.8) is 0 Å². The molecule has 0 bridgehead atoms. The Morgan fingerprint density at radius 1 is 1.24 bits per heavy atom. The van der Waals surface area contributed by atoms with E-state index in [4.69, 9.17) is 9.47 Å². The first kappa shape index (κ1) is 21.8. The molecule has 6 nitrogen and oxygen atoms in total. The normalized spacial score (nSPS) is 20.3. The zero-order valence-corrected chi connectivity index (χ0v) is 17.9. The van der Waals surface area contributed by atoms with Crippen LogP contribution < -0.4 is 15.1 Å². The van der Waals surface area contributed by atoms with E-state index >= 15 is 0 Å². The summed E-state index contributed by atoms with van der Waals surface area (Å²) in [6.45, 7) is 10.1. The van der Waals surface area contributed by atoms with Crippen LogP contribution in [0.15, 0.2) is 18.2 Å². The van der Waals surface area contributed by atoms with Gasteiger partial charge in [0.1, 0.15) is 11.9 Å². The van der Waals surface area contributed by atoms with E-state index in [9.17, 15) is 9.18 Å². The molecule has 0 aromatic heterocycles. The lowest BCUT2D eigenvalue weighted by molar-refractivity contribution is 0.122. The van der Waals surface area contributed by atoms with Gasteiger partial charge in [-0.25, -0.2) is 9.18 Å². The third-order valence-electron chi connectivity index (χ3n) is 5.68. The Kier molecular flexibility index (Phi) is 7.35. The van der Waals surface area contributed by atoms with Gasteiger partial charge in [0.2, 0.25) is 0 Å². The standard InChI is InChI=1S/C22H34FN3O3/c1-4-5-6-9-22(2,3)24-15-18-16-26(21(27)29-18)17-7-8-20(19(23)14-17)25-10-12-28-13-11-25/h7-8,14,18,24H,4-6,9-13,15-16H2,1-3H3/t18-/m0/s1. The van der Waals surface area contributed by atoms with E-state index in [1.54, 1.807) is 12.1 Å². The van der Waals surface area contributed by atoms with Gasteiger partial charge in [-0.1, -0.05) is 26.2 Å². The van der Waals surface area contributed by atoms with E-state index in [1.807, 2.05) is 4.90 Å². The largest absolute Gasteiger partial charge is 0.443 e. The maximum absolute atomic E-state index is 14.7.